The first-order chi connectivity index (χ1) is 7.18. The van der Waals surface area contributed by atoms with Gasteiger partial charge in [-0.1, -0.05) is 0 Å². The van der Waals surface area contributed by atoms with E-state index >= 15 is 0 Å². The molecule has 2 N–H and O–H groups in total. The van der Waals surface area contributed by atoms with Crippen LogP contribution in [0.4, 0.5) is 0 Å². The van der Waals surface area contributed by atoms with Crippen LogP contribution in [0.1, 0.15) is 19.3 Å². The summed E-state index contributed by atoms with van der Waals surface area (Å²) >= 11 is 0. The zero-order chi connectivity index (χ0) is 11.1. The monoisotopic (exact) mass is 285 g/mol. The summed E-state index contributed by atoms with van der Waals surface area (Å²) in [6.07, 6.45) is 3.68. The topological polar surface area (TPSA) is 44.4 Å². The second kappa shape index (κ2) is 11.1. The lowest BCUT2D eigenvalue weighted by Crippen LogP contribution is -2.35. The van der Waals surface area contributed by atoms with E-state index in [1.807, 2.05) is 14.1 Å². The Hall–Kier alpha value is -0.0300. The summed E-state index contributed by atoms with van der Waals surface area (Å²) in [5, 5.41) is 6.08. The fourth-order valence-corrected chi connectivity index (χ4v) is 1.40. The normalized spacial score (nSPS) is 13.8. The first-order valence-electron chi connectivity index (χ1n) is 5.80. The van der Waals surface area contributed by atoms with Crippen LogP contribution in [-0.4, -0.2) is 51.1 Å². The van der Waals surface area contributed by atoms with Crippen LogP contribution in [0.3, 0.4) is 0 Å². The Labute approximate surface area is 117 Å². The Morgan fingerprint density at radius 1 is 1.29 bits per heavy atom. The van der Waals surface area contributed by atoms with Crippen molar-refractivity contribution in [3.8, 4) is 0 Å². The van der Waals surface area contributed by atoms with Crippen molar-refractivity contribution in [1.82, 2.24) is 15.5 Å². The number of rotatable bonds is 8. The SMILES string of the molecule is CN(C)CCCNC(=O)CNCC1CC1.Cl.Cl. The lowest BCUT2D eigenvalue weighted by molar-refractivity contribution is -0.120. The molecule has 17 heavy (non-hydrogen) atoms. The van der Waals surface area contributed by atoms with Gasteiger partial charge >= 0.3 is 0 Å². The molecule has 6 heteroatoms. The molecule has 0 spiro atoms. The number of carbonyl (C=O) groups excluding carboxylic acids is 1. The second-order valence-corrected chi connectivity index (χ2v) is 4.58. The molecule has 1 rings (SSSR count). The van der Waals surface area contributed by atoms with Gasteiger partial charge in [0.25, 0.3) is 0 Å². The number of halogens is 2. The van der Waals surface area contributed by atoms with Gasteiger partial charge in [0.2, 0.25) is 5.91 Å². The molecule has 0 atom stereocenters. The summed E-state index contributed by atoms with van der Waals surface area (Å²) in [5.41, 5.74) is 0. The molecule has 0 aromatic heterocycles. The van der Waals surface area contributed by atoms with Crippen LogP contribution in [0, 0.1) is 5.92 Å². The van der Waals surface area contributed by atoms with Gasteiger partial charge in [0.05, 0.1) is 6.54 Å². The minimum Gasteiger partial charge on any atom is -0.355 e. The van der Waals surface area contributed by atoms with Gasteiger partial charge < -0.3 is 15.5 Å². The van der Waals surface area contributed by atoms with Crippen molar-refractivity contribution in [3.05, 3.63) is 0 Å². The number of nitrogens with one attached hydrogen (secondary N) is 2. The molecule has 1 fully saturated rings. The van der Waals surface area contributed by atoms with E-state index in [0.717, 1.165) is 32.0 Å². The summed E-state index contributed by atoms with van der Waals surface area (Å²) in [6, 6.07) is 0. The van der Waals surface area contributed by atoms with Crippen LogP contribution in [-0.2, 0) is 4.79 Å². The second-order valence-electron chi connectivity index (χ2n) is 4.58. The first kappa shape index (κ1) is 19.3. The number of hydrogen-bond donors (Lipinski definition) is 2. The Morgan fingerprint density at radius 3 is 2.47 bits per heavy atom. The maximum Gasteiger partial charge on any atom is 0.233 e. The van der Waals surface area contributed by atoms with Crippen molar-refractivity contribution < 1.29 is 4.79 Å². The molecule has 0 aromatic carbocycles. The molecule has 0 heterocycles. The largest absolute Gasteiger partial charge is 0.355 e. The maximum absolute atomic E-state index is 11.3. The first-order valence-corrected chi connectivity index (χ1v) is 5.80. The lowest BCUT2D eigenvalue weighted by atomic mass is 10.4. The van der Waals surface area contributed by atoms with Crippen LogP contribution in [0.2, 0.25) is 0 Å². The van der Waals surface area contributed by atoms with E-state index < -0.39 is 0 Å². The van der Waals surface area contributed by atoms with E-state index in [2.05, 4.69) is 15.5 Å². The van der Waals surface area contributed by atoms with Gasteiger partial charge in [0.1, 0.15) is 0 Å². The molecule has 1 saturated carbocycles. The van der Waals surface area contributed by atoms with Crippen LogP contribution in [0.25, 0.3) is 0 Å². The van der Waals surface area contributed by atoms with Gasteiger partial charge in [-0.05, 0) is 52.4 Å². The third-order valence-corrected chi connectivity index (χ3v) is 2.52. The van der Waals surface area contributed by atoms with E-state index in [9.17, 15) is 4.79 Å². The molecule has 0 aliphatic heterocycles. The number of carbonyl (C=O) groups is 1. The highest BCUT2D eigenvalue weighted by Crippen LogP contribution is 2.27. The Kier molecular flexibility index (Phi) is 12.6. The number of amides is 1. The fourth-order valence-electron chi connectivity index (χ4n) is 1.40. The van der Waals surface area contributed by atoms with Crippen LogP contribution in [0.15, 0.2) is 0 Å². The van der Waals surface area contributed by atoms with Crippen molar-refractivity contribution in [2.24, 2.45) is 5.92 Å². The average Bonchev–Trinajstić information content (AvgIpc) is 2.96. The summed E-state index contributed by atoms with van der Waals surface area (Å²) in [6.45, 7) is 3.28. The zero-order valence-corrected chi connectivity index (χ0v) is 12.3. The van der Waals surface area contributed by atoms with Crippen molar-refractivity contribution in [2.45, 2.75) is 19.3 Å². The highest BCUT2D eigenvalue weighted by molar-refractivity contribution is 5.85. The van der Waals surface area contributed by atoms with Gasteiger partial charge in [-0.25, -0.2) is 0 Å². The van der Waals surface area contributed by atoms with E-state index in [1.54, 1.807) is 0 Å². The summed E-state index contributed by atoms with van der Waals surface area (Å²) < 4.78 is 0. The summed E-state index contributed by atoms with van der Waals surface area (Å²) in [7, 11) is 4.08. The molecule has 0 radical (unpaired) electrons. The van der Waals surface area contributed by atoms with Gasteiger partial charge in [-0.15, -0.1) is 24.8 Å². The van der Waals surface area contributed by atoms with Gasteiger partial charge in [0.15, 0.2) is 0 Å². The van der Waals surface area contributed by atoms with Crippen molar-refractivity contribution in [1.29, 1.82) is 0 Å². The Balaban J connectivity index is 0. The highest BCUT2D eigenvalue weighted by Gasteiger charge is 2.20. The van der Waals surface area contributed by atoms with Crippen molar-refractivity contribution in [2.75, 3.05) is 40.3 Å². The van der Waals surface area contributed by atoms with Gasteiger partial charge in [-0.2, -0.15) is 0 Å². The number of nitrogens with zero attached hydrogens (tertiary/aromatic N) is 1. The van der Waals surface area contributed by atoms with Crippen LogP contribution in [0.5, 0.6) is 0 Å². The quantitative estimate of drug-likeness (QED) is 0.652. The highest BCUT2D eigenvalue weighted by atomic mass is 35.5. The summed E-state index contributed by atoms with van der Waals surface area (Å²) in [5.74, 6) is 0.959. The fraction of sp³-hybridized carbons (Fsp3) is 0.909. The van der Waals surface area contributed by atoms with E-state index in [1.165, 1.54) is 12.8 Å². The molecule has 1 aliphatic carbocycles. The third kappa shape index (κ3) is 12.2. The molecule has 0 aromatic rings. The number of hydrogen-bond acceptors (Lipinski definition) is 3. The molecule has 0 saturated heterocycles. The van der Waals surface area contributed by atoms with Crippen molar-refractivity contribution >= 4 is 30.7 Å². The molecule has 1 aliphatic rings. The minimum absolute atomic E-state index is 0. The molecule has 4 nitrogen and oxygen atoms in total. The molecule has 0 bridgehead atoms. The van der Waals surface area contributed by atoms with E-state index in [-0.39, 0.29) is 30.7 Å². The molecular formula is C11H25Cl2N3O. The van der Waals surface area contributed by atoms with E-state index in [0.29, 0.717) is 6.54 Å². The molecule has 104 valence electrons. The van der Waals surface area contributed by atoms with Crippen LogP contribution < -0.4 is 10.6 Å². The van der Waals surface area contributed by atoms with Crippen molar-refractivity contribution in [3.63, 3.8) is 0 Å². The zero-order valence-electron chi connectivity index (χ0n) is 10.7. The lowest BCUT2D eigenvalue weighted by Gasteiger charge is -2.10. The standard InChI is InChI=1S/C11H23N3O.2ClH/c1-14(2)7-3-6-13-11(15)9-12-8-10-4-5-10;;/h10,12H,3-9H2,1-2H3,(H,13,15);2*1H. The predicted octanol–water partition coefficient (Wildman–Crippen LogP) is 0.898. The average molecular weight is 286 g/mol. The van der Waals surface area contributed by atoms with Gasteiger partial charge in [-0.3, -0.25) is 4.79 Å². The maximum atomic E-state index is 11.3. The Bertz CT molecular complexity index is 199. The molecule has 1 amide bonds. The molecule has 0 unspecified atom stereocenters. The summed E-state index contributed by atoms with van der Waals surface area (Å²) in [4.78, 5) is 13.4. The van der Waals surface area contributed by atoms with Gasteiger partial charge in [0, 0.05) is 6.54 Å². The van der Waals surface area contributed by atoms with Crippen LogP contribution >= 0.6 is 24.8 Å². The minimum atomic E-state index is 0. The smallest absolute Gasteiger partial charge is 0.233 e. The third-order valence-electron chi connectivity index (χ3n) is 2.52. The van der Waals surface area contributed by atoms with E-state index in [4.69, 9.17) is 0 Å². The molecular weight excluding hydrogens is 261 g/mol. The Morgan fingerprint density at radius 2 is 1.94 bits per heavy atom. The predicted molar refractivity (Wildman–Crippen MR) is 76.3 cm³/mol.